The first-order chi connectivity index (χ1) is 16.4. The minimum absolute atomic E-state index is 0.0570. The Hall–Kier alpha value is -2.88. The quantitative estimate of drug-likeness (QED) is 0.334. The SMILES string of the molecule is COc1ccc([C@H]2/C(=C(\O)c3ccc(Br)cc3)C(=O)C(=O)N2CCN2CCOCC2)cc1OC. The molecule has 9 heteroatoms. The molecule has 2 fully saturated rings. The van der Waals surface area contributed by atoms with Crippen molar-refractivity contribution in [2.24, 2.45) is 0 Å². The first kappa shape index (κ1) is 24.3. The number of methoxy groups -OCH3 is 2. The Balaban J connectivity index is 1.77. The van der Waals surface area contributed by atoms with E-state index in [1.165, 1.54) is 12.0 Å². The maximum absolute atomic E-state index is 13.2. The maximum Gasteiger partial charge on any atom is 0.295 e. The molecular formula is C25H27BrN2O6. The molecule has 2 aliphatic heterocycles. The standard InChI is InChI=1S/C25H27BrN2O6/c1-32-19-8-5-17(15-20(19)33-2)22-21(23(29)16-3-6-18(26)7-4-16)24(30)25(31)28(22)10-9-27-11-13-34-14-12-27/h3-8,15,22,29H,9-14H2,1-2H3/b23-21+/t22-/m0/s1. The molecule has 1 atom stereocenters. The van der Waals surface area contributed by atoms with Gasteiger partial charge in [-0.1, -0.05) is 34.1 Å². The van der Waals surface area contributed by atoms with Crippen molar-refractivity contribution in [3.8, 4) is 11.5 Å². The number of Topliss-reactive ketones (excluding diaryl/α,β-unsaturated/α-hetero) is 1. The Morgan fingerprint density at radius 1 is 1.03 bits per heavy atom. The highest BCUT2D eigenvalue weighted by atomic mass is 79.9. The number of carbonyl (C=O) groups excluding carboxylic acids is 2. The Labute approximate surface area is 206 Å². The van der Waals surface area contributed by atoms with Crippen LogP contribution in [0.25, 0.3) is 5.76 Å². The minimum Gasteiger partial charge on any atom is -0.507 e. The Morgan fingerprint density at radius 3 is 2.35 bits per heavy atom. The van der Waals surface area contributed by atoms with Gasteiger partial charge in [-0.25, -0.2) is 0 Å². The van der Waals surface area contributed by atoms with Crippen LogP contribution >= 0.6 is 15.9 Å². The fraction of sp³-hybridized carbons (Fsp3) is 0.360. The number of hydrogen-bond acceptors (Lipinski definition) is 7. The highest BCUT2D eigenvalue weighted by molar-refractivity contribution is 9.10. The van der Waals surface area contributed by atoms with Crippen molar-refractivity contribution in [3.05, 3.63) is 63.6 Å². The monoisotopic (exact) mass is 530 g/mol. The van der Waals surface area contributed by atoms with Gasteiger partial charge in [0.2, 0.25) is 0 Å². The van der Waals surface area contributed by atoms with Crippen LogP contribution in [-0.4, -0.2) is 80.2 Å². The maximum atomic E-state index is 13.2. The number of aliphatic hydroxyl groups excluding tert-OH is 1. The molecule has 2 saturated heterocycles. The van der Waals surface area contributed by atoms with E-state index in [1.54, 1.807) is 49.6 Å². The van der Waals surface area contributed by atoms with E-state index in [1.807, 2.05) is 0 Å². The van der Waals surface area contributed by atoms with Crippen LogP contribution in [0.4, 0.5) is 0 Å². The van der Waals surface area contributed by atoms with Gasteiger partial charge in [-0.3, -0.25) is 14.5 Å². The van der Waals surface area contributed by atoms with E-state index < -0.39 is 17.7 Å². The summed E-state index contributed by atoms with van der Waals surface area (Å²) in [5.74, 6) is -0.541. The van der Waals surface area contributed by atoms with Crippen LogP contribution in [0, 0.1) is 0 Å². The third kappa shape index (κ3) is 4.82. The molecule has 4 rings (SSSR count). The van der Waals surface area contributed by atoms with E-state index in [2.05, 4.69) is 20.8 Å². The Kier molecular flexibility index (Phi) is 7.55. The predicted molar refractivity (Wildman–Crippen MR) is 130 cm³/mol. The molecule has 0 bridgehead atoms. The van der Waals surface area contributed by atoms with Gasteiger partial charge >= 0.3 is 0 Å². The van der Waals surface area contributed by atoms with Crippen LogP contribution in [0.5, 0.6) is 11.5 Å². The van der Waals surface area contributed by atoms with Gasteiger partial charge in [0.15, 0.2) is 11.5 Å². The first-order valence-electron chi connectivity index (χ1n) is 11.0. The Bertz CT molecular complexity index is 1100. The van der Waals surface area contributed by atoms with Crippen LogP contribution in [0.3, 0.4) is 0 Å². The largest absolute Gasteiger partial charge is 0.507 e. The smallest absolute Gasteiger partial charge is 0.295 e. The zero-order valence-corrected chi connectivity index (χ0v) is 20.7. The number of halogens is 1. The van der Waals surface area contributed by atoms with Gasteiger partial charge in [-0.05, 0) is 29.8 Å². The summed E-state index contributed by atoms with van der Waals surface area (Å²) in [4.78, 5) is 30.1. The first-order valence-corrected chi connectivity index (χ1v) is 11.8. The molecule has 0 spiro atoms. The number of ether oxygens (including phenoxy) is 3. The number of carbonyl (C=O) groups is 2. The van der Waals surface area contributed by atoms with E-state index >= 15 is 0 Å². The molecule has 2 aromatic carbocycles. The number of rotatable bonds is 7. The lowest BCUT2D eigenvalue weighted by Gasteiger charge is -2.31. The summed E-state index contributed by atoms with van der Waals surface area (Å²) in [6, 6.07) is 11.4. The number of benzene rings is 2. The number of likely N-dealkylation sites (tertiary alicyclic amines) is 1. The van der Waals surface area contributed by atoms with E-state index in [0.29, 0.717) is 48.9 Å². The molecule has 1 N–H and O–H groups in total. The summed E-state index contributed by atoms with van der Waals surface area (Å²) in [6.07, 6.45) is 0. The van der Waals surface area contributed by atoms with Gasteiger partial charge in [0, 0.05) is 36.2 Å². The normalized spacial score (nSPS) is 20.6. The van der Waals surface area contributed by atoms with Crippen LogP contribution in [0.15, 0.2) is 52.5 Å². The average Bonchev–Trinajstić information content (AvgIpc) is 3.12. The third-order valence-corrected chi connectivity index (χ3v) is 6.67. The molecule has 1 amide bonds. The average molecular weight is 531 g/mol. The van der Waals surface area contributed by atoms with Crippen LogP contribution < -0.4 is 9.47 Å². The molecule has 34 heavy (non-hydrogen) atoms. The van der Waals surface area contributed by atoms with Crippen LogP contribution in [0.2, 0.25) is 0 Å². The van der Waals surface area contributed by atoms with Gasteiger partial charge in [0.05, 0.1) is 39.0 Å². The number of aliphatic hydroxyl groups is 1. The van der Waals surface area contributed by atoms with Gasteiger partial charge in [-0.15, -0.1) is 0 Å². The highest BCUT2D eigenvalue weighted by Gasteiger charge is 2.46. The molecular weight excluding hydrogens is 504 g/mol. The molecule has 0 radical (unpaired) electrons. The minimum atomic E-state index is -0.760. The molecule has 0 aromatic heterocycles. The number of amides is 1. The second kappa shape index (κ2) is 10.6. The van der Waals surface area contributed by atoms with Crippen molar-refractivity contribution < 1.29 is 28.9 Å². The van der Waals surface area contributed by atoms with E-state index in [4.69, 9.17) is 14.2 Å². The fourth-order valence-electron chi connectivity index (χ4n) is 4.32. The summed E-state index contributed by atoms with van der Waals surface area (Å²) >= 11 is 3.38. The topological polar surface area (TPSA) is 88.5 Å². The molecule has 0 saturated carbocycles. The Morgan fingerprint density at radius 2 is 1.71 bits per heavy atom. The zero-order chi connectivity index (χ0) is 24.2. The van der Waals surface area contributed by atoms with Gasteiger partial charge in [0.1, 0.15) is 5.76 Å². The molecule has 2 heterocycles. The highest BCUT2D eigenvalue weighted by Crippen LogP contribution is 2.42. The summed E-state index contributed by atoms with van der Waals surface area (Å²) < 4.78 is 17.0. The van der Waals surface area contributed by atoms with Crippen molar-refractivity contribution in [1.82, 2.24) is 9.80 Å². The van der Waals surface area contributed by atoms with Crippen molar-refractivity contribution in [2.75, 3.05) is 53.6 Å². The molecule has 0 unspecified atom stereocenters. The second-order valence-corrected chi connectivity index (χ2v) is 8.98. The second-order valence-electron chi connectivity index (χ2n) is 8.07. The number of hydrogen-bond donors (Lipinski definition) is 1. The van der Waals surface area contributed by atoms with E-state index in [-0.39, 0.29) is 11.3 Å². The third-order valence-electron chi connectivity index (χ3n) is 6.14. The molecule has 180 valence electrons. The molecule has 8 nitrogen and oxygen atoms in total. The number of ketones is 1. The van der Waals surface area contributed by atoms with Crippen molar-refractivity contribution >= 4 is 33.4 Å². The lowest BCUT2D eigenvalue weighted by molar-refractivity contribution is -0.140. The van der Waals surface area contributed by atoms with Crippen LogP contribution in [0.1, 0.15) is 17.2 Å². The van der Waals surface area contributed by atoms with E-state index in [9.17, 15) is 14.7 Å². The zero-order valence-electron chi connectivity index (χ0n) is 19.1. The van der Waals surface area contributed by atoms with Gasteiger partial charge in [-0.2, -0.15) is 0 Å². The number of nitrogens with zero attached hydrogens (tertiary/aromatic N) is 2. The summed E-state index contributed by atoms with van der Waals surface area (Å²) in [7, 11) is 3.07. The summed E-state index contributed by atoms with van der Waals surface area (Å²) in [5.41, 5.74) is 1.17. The summed E-state index contributed by atoms with van der Waals surface area (Å²) in [5, 5.41) is 11.2. The van der Waals surface area contributed by atoms with Gasteiger partial charge in [0.25, 0.3) is 11.7 Å². The molecule has 2 aliphatic rings. The van der Waals surface area contributed by atoms with Gasteiger partial charge < -0.3 is 24.2 Å². The van der Waals surface area contributed by atoms with Crippen molar-refractivity contribution in [1.29, 1.82) is 0 Å². The molecule has 0 aliphatic carbocycles. The lowest BCUT2D eigenvalue weighted by atomic mass is 9.95. The molecule has 2 aromatic rings. The predicted octanol–water partition coefficient (Wildman–Crippen LogP) is 3.22. The number of morpholine rings is 1. The summed E-state index contributed by atoms with van der Waals surface area (Å²) in [6.45, 7) is 3.75. The van der Waals surface area contributed by atoms with Crippen molar-refractivity contribution in [2.45, 2.75) is 6.04 Å². The van der Waals surface area contributed by atoms with E-state index in [0.717, 1.165) is 17.6 Å². The lowest BCUT2D eigenvalue weighted by Crippen LogP contribution is -2.42. The van der Waals surface area contributed by atoms with Crippen LogP contribution in [-0.2, 0) is 14.3 Å². The van der Waals surface area contributed by atoms with Crippen molar-refractivity contribution in [3.63, 3.8) is 0 Å². The fourth-order valence-corrected chi connectivity index (χ4v) is 4.58.